The molecule has 122 valence electrons. The Labute approximate surface area is 129 Å². The van der Waals surface area contributed by atoms with E-state index in [9.17, 15) is 22.4 Å². The van der Waals surface area contributed by atoms with Crippen LogP contribution in [0.3, 0.4) is 0 Å². The molecule has 0 fully saturated rings. The van der Waals surface area contributed by atoms with Crippen LogP contribution in [0, 0.1) is 5.82 Å². The summed E-state index contributed by atoms with van der Waals surface area (Å²) in [6, 6.07) is 2.07. The van der Waals surface area contributed by atoms with E-state index in [0.717, 1.165) is 19.1 Å². The van der Waals surface area contributed by atoms with Gasteiger partial charge < -0.3 is 4.74 Å². The van der Waals surface area contributed by atoms with Crippen molar-refractivity contribution in [2.45, 2.75) is 33.1 Å². The molecule has 1 rings (SSSR count). The van der Waals surface area contributed by atoms with E-state index >= 15 is 0 Å². The van der Waals surface area contributed by atoms with Gasteiger partial charge in [0, 0.05) is 6.07 Å². The summed E-state index contributed by atoms with van der Waals surface area (Å²) in [7, 11) is 0. The average molecular weight is 341 g/mol. The highest BCUT2D eigenvalue weighted by Crippen LogP contribution is 2.31. The van der Waals surface area contributed by atoms with Gasteiger partial charge in [0.2, 0.25) is 0 Å². The molecule has 4 nitrogen and oxygen atoms in total. The first-order valence-electron chi connectivity index (χ1n) is 6.10. The number of ether oxygens (including phenoxy) is 1. The van der Waals surface area contributed by atoms with Crippen LogP contribution in [-0.4, -0.2) is 23.8 Å². The van der Waals surface area contributed by atoms with Gasteiger partial charge in [-0.3, -0.25) is 10.2 Å². The Bertz CT molecular complexity index is 600. The zero-order chi connectivity index (χ0) is 17.1. The highest BCUT2D eigenvalue weighted by Gasteiger charge is 2.40. The number of alkyl halides is 3. The fourth-order valence-electron chi connectivity index (χ4n) is 1.36. The number of nitrogens with one attached hydrogen (secondary N) is 1. The molecule has 0 aliphatic heterocycles. The molecule has 0 spiro atoms. The number of halogens is 5. The van der Waals surface area contributed by atoms with E-state index in [-0.39, 0.29) is 22.6 Å². The normalized spacial score (nSPS) is 12.5. The first kappa shape index (κ1) is 18.2. The van der Waals surface area contributed by atoms with Crippen LogP contribution in [0.2, 0.25) is 5.02 Å². The number of ketones is 1. The lowest BCUT2D eigenvalue weighted by Gasteiger charge is -2.13. The summed E-state index contributed by atoms with van der Waals surface area (Å²) in [5.74, 6) is -2.83. The van der Waals surface area contributed by atoms with E-state index in [4.69, 9.17) is 16.3 Å². The quantitative estimate of drug-likeness (QED) is 0.497. The van der Waals surface area contributed by atoms with Crippen LogP contribution in [0.25, 0.3) is 0 Å². The average Bonchev–Trinajstić information content (AvgIpc) is 2.37. The molecule has 1 N–H and O–H groups in total. The van der Waals surface area contributed by atoms with Crippen LogP contribution >= 0.6 is 11.6 Å². The van der Waals surface area contributed by atoms with Crippen LogP contribution in [0.15, 0.2) is 17.2 Å². The summed E-state index contributed by atoms with van der Waals surface area (Å²) in [4.78, 5) is 10.9. The fraction of sp³-hybridized carbons (Fsp3) is 0.385. The number of carbonyl (C=O) groups is 1. The molecule has 0 aliphatic rings. The number of benzene rings is 1. The van der Waals surface area contributed by atoms with E-state index in [1.807, 2.05) is 0 Å². The van der Waals surface area contributed by atoms with Crippen LogP contribution in [0.5, 0.6) is 5.75 Å². The van der Waals surface area contributed by atoms with Gasteiger partial charge in [0.1, 0.15) is 17.3 Å². The SMILES string of the molecule is C/C(=N/Nc1cc(OC(C)C)c(Cl)cc1F)C(=O)C(F)(F)F. The molecule has 0 aromatic heterocycles. The van der Waals surface area contributed by atoms with Gasteiger partial charge in [0.15, 0.2) is 0 Å². The van der Waals surface area contributed by atoms with Gasteiger partial charge in [0.25, 0.3) is 5.78 Å². The number of hydrogen-bond donors (Lipinski definition) is 1. The van der Waals surface area contributed by atoms with Crippen LogP contribution in [0.1, 0.15) is 20.8 Å². The number of rotatable bonds is 5. The summed E-state index contributed by atoms with van der Waals surface area (Å²) < 4.78 is 55.6. The van der Waals surface area contributed by atoms with E-state index in [2.05, 4.69) is 10.5 Å². The molecule has 0 heterocycles. The third-order valence-electron chi connectivity index (χ3n) is 2.31. The van der Waals surface area contributed by atoms with Crippen molar-refractivity contribution >= 4 is 28.8 Å². The third kappa shape index (κ3) is 4.87. The smallest absolute Gasteiger partial charge is 0.456 e. The standard InChI is InChI=1S/C13H13ClF4N2O2/c1-6(2)22-11-5-10(9(15)4-8(11)14)20-19-7(3)12(21)13(16,17)18/h4-6,20H,1-3H3/b19-7-. The number of hydrazone groups is 1. The molecule has 1 aromatic carbocycles. The van der Waals surface area contributed by atoms with Crippen molar-refractivity contribution in [1.29, 1.82) is 0 Å². The van der Waals surface area contributed by atoms with Gasteiger partial charge in [-0.05, 0) is 26.8 Å². The Hall–Kier alpha value is -1.83. The lowest BCUT2D eigenvalue weighted by molar-refractivity contribution is -0.163. The van der Waals surface area contributed by atoms with E-state index in [1.165, 1.54) is 0 Å². The van der Waals surface area contributed by atoms with Gasteiger partial charge in [-0.2, -0.15) is 18.3 Å². The molecule has 0 aliphatic carbocycles. The van der Waals surface area contributed by atoms with E-state index in [1.54, 1.807) is 13.8 Å². The monoisotopic (exact) mass is 340 g/mol. The van der Waals surface area contributed by atoms with Gasteiger partial charge >= 0.3 is 6.18 Å². The molecular weight excluding hydrogens is 328 g/mol. The molecule has 0 saturated heterocycles. The summed E-state index contributed by atoms with van der Waals surface area (Å²) in [5, 5.41) is 3.23. The molecule has 0 bridgehead atoms. The summed E-state index contributed by atoms with van der Waals surface area (Å²) >= 11 is 5.79. The third-order valence-corrected chi connectivity index (χ3v) is 2.61. The van der Waals surface area contributed by atoms with E-state index in [0.29, 0.717) is 0 Å². The maximum atomic E-state index is 13.7. The van der Waals surface area contributed by atoms with Gasteiger partial charge in [-0.15, -0.1) is 0 Å². The summed E-state index contributed by atoms with van der Waals surface area (Å²) in [6.45, 7) is 4.30. The number of carbonyl (C=O) groups excluding carboxylic acids is 1. The number of anilines is 1. The highest BCUT2D eigenvalue weighted by molar-refractivity contribution is 6.41. The first-order chi connectivity index (χ1) is 10.0. The maximum absolute atomic E-state index is 13.7. The Morgan fingerprint density at radius 3 is 2.45 bits per heavy atom. The van der Waals surface area contributed by atoms with Crippen molar-refractivity contribution < 1.29 is 27.1 Å². The number of hydrogen-bond acceptors (Lipinski definition) is 4. The molecule has 0 amide bonds. The van der Waals surface area contributed by atoms with Crippen molar-refractivity contribution in [3.63, 3.8) is 0 Å². The fourth-order valence-corrected chi connectivity index (χ4v) is 1.55. The molecule has 22 heavy (non-hydrogen) atoms. The molecule has 0 atom stereocenters. The molecule has 1 aromatic rings. The van der Waals surface area contributed by atoms with Crippen molar-refractivity contribution in [3.05, 3.63) is 23.0 Å². The molecule has 9 heteroatoms. The Morgan fingerprint density at radius 1 is 1.36 bits per heavy atom. The van der Waals surface area contributed by atoms with Crippen molar-refractivity contribution in [2.24, 2.45) is 5.10 Å². The second-order valence-corrected chi connectivity index (χ2v) is 4.97. The summed E-state index contributed by atoms with van der Waals surface area (Å²) in [5.41, 5.74) is 0.937. The Kier molecular flexibility index (Phi) is 5.76. The molecular formula is C13H13ClF4N2O2. The van der Waals surface area contributed by atoms with Crippen LogP contribution in [-0.2, 0) is 4.79 Å². The Balaban J connectivity index is 3.01. The zero-order valence-electron chi connectivity index (χ0n) is 11.9. The van der Waals surface area contributed by atoms with Gasteiger partial charge in [-0.1, -0.05) is 11.6 Å². The minimum Gasteiger partial charge on any atom is -0.489 e. The number of nitrogens with zero attached hydrogens (tertiary/aromatic N) is 1. The predicted octanol–water partition coefficient (Wildman–Crippen LogP) is 4.19. The number of Topliss-reactive ketones (excluding diaryl/α,β-unsaturated/α-hetero) is 1. The van der Waals surface area contributed by atoms with E-state index < -0.39 is 23.5 Å². The van der Waals surface area contributed by atoms with Crippen molar-refractivity contribution in [1.82, 2.24) is 0 Å². The molecule has 0 unspecified atom stereocenters. The Morgan fingerprint density at radius 2 is 1.95 bits per heavy atom. The predicted molar refractivity (Wildman–Crippen MR) is 75.0 cm³/mol. The lowest BCUT2D eigenvalue weighted by Crippen LogP contribution is -2.29. The van der Waals surface area contributed by atoms with Crippen molar-refractivity contribution in [2.75, 3.05) is 5.43 Å². The van der Waals surface area contributed by atoms with Crippen LogP contribution < -0.4 is 10.2 Å². The second-order valence-electron chi connectivity index (χ2n) is 4.56. The largest absolute Gasteiger partial charge is 0.489 e. The van der Waals surface area contributed by atoms with Crippen LogP contribution in [0.4, 0.5) is 23.2 Å². The molecule has 0 saturated carbocycles. The minimum atomic E-state index is -5.04. The van der Waals surface area contributed by atoms with Crippen molar-refractivity contribution in [3.8, 4) is 5.75 Å². The second kappa shape index (κ2) is 6.95. The van der Waals surface area contributed by atoms with Gasteiger partial charge in [0.05, 0.1) is 16.8 Å². The first-order valence-corrected chi connectivity index (χ1v) is 6.47. The van der Waals surface area contributed by atoms with Gasteiger partial charge in [-0.25, -0.2) is 4.39 Å². The lowest BCUT2D eigenvalue weighted by atomic mass is 10.2. The topological polar surface area (TPSA) is 50.7 Å². The zero-order valence-corrected chi connectivity index (χ0v) is 12.6. The molecule has 0 radical (unpaired) electrons. The summed E-state index contributed by atoms with van der Waals surface area (Å²) in [6.07, 6.45) is -5.28. The maximum Gasteiger partial charge on any atom is 0.456 e. The highest BCUT2D eigenvalue weighted by atomic mass is 35.5. The minimum absolute atomic E-state index is 0.00354.